The summed E-state index contributed by atoms with van der Waals surface area (Å²) >= 11 is 1.68. The molecule has 2 rings (SSSR count). The van der Waals surface area contributed by atoms with Gasteiger partial charge in [0.15, 0.2) is 5.96 Å². The molecule has 0 spiro atoms. The normalized spacial score (nSPS) is 11.4. The molecule has 0 heterocycles. The zero-order chi connectivity index (χ0) is 20.9. The Bertz CT molecular complexity index is 786. The lowest BCUT2D eigenvalue weighted by atomic mass is 10.1. The Kier molecular flexibility index (Phi) is 10.4. The van der Waals surface area contributed by atoms with Crippen molar-refractivity contribution in [2.24, 2.45) is 4.99 Å². The van der Waals surface area contributed by atoms with E-state index in [1.807, 2.05) is 36.6 Å². The van der Waals surface area contributed by atoms with Crippen LogP contribution in [0.2, 0.25) is 0 Å². The van der Waals surface area contributed by atoms with E-state index in [1.165, 1.54) is 6.07 Å². The van der Waals surface area contributed by atoms with Crippen LogP contribution >= 0.6 is 11.8 Å². The number of thioether (sulfide) groups is 1. The summed E-state index contributed by atoms with van der Waals surface area (Å²) in [5.41, 5.74) is 3.16. The lowest BCUT2D eigenvalue weighted by molar-refractivity contribution is 0.172. The zero-order valence-corrected chi connectivity index (χ0v) is 18.2. The maximum Gasteiger partial charge on any atom is 0.191 e. The number of hydrogen-bond donors (Lipinski definition) is 2. The molecule has 0 radical (unpaired) electrons. The van der Waals surface area contributed by atoms with E-state index >= 15 is 0 Å². The Morgan fingerprint density at radius 1 is 1.07 bits per heavy atom. The van der Waals surface area contributed by atoms with Crippen LogP contribution in [0.4, 0.5) is 4.39 Å². The Labute approximate surface area is 177 Å². The second-order valence-electron chi connectivity index (χ2n) is 6.47. The summed E-state index contributed by atoms with van der Waals surface area (Å²) in [7, 11) is 3.42. The van der Waals surface area contributed by atoms with Crippen LogP contribution in [0.1, 0.15) is 23.1 Å². The Morgan fingerprint density at radius 2 is 1.90 bits per heavy atom. The highest BCUT2D eigenvalue weighted by molar-refractivity contribution is 7.97. The Hall–Kier alpha value is -2.25. The molecule has 0 aliphatic rings. The predicted molar refractivity (Wildman–Crippen MR) is 119 cm³/mol. The van der Waals surface area contributed by atoms with Crippen LogP contribution in [0, 0.1) is 5.82 Å². The third-order valence-electron chi connectivity index (χ3n) is 4.26. The van der Waals surface area contributed by atoms with Gasteiger partial charge in [0.2, 0.25) is 0 Å². The molecule has 2 aromatic carbocycles. The fraction of sp³-hybridized carbons (Fsp3) is 0.409. The molecule has 0 aliphatic heterocycles. The van der Waals surface area contributed by atoms with Gasteiger partial charge < -0.3 is 20.1 Å². The van der Waals surface area contributed by atoms with Gasteiger partial charge in [-0.25, -0.2) is 4.39 Å². The topological polar surface area (TPSA) is 54.9 Å². The number of ether oxygens (including phenoxy) is 2. The highest BCUT2D eigenvalue weighted by atomic mass is 32.2. The van der Waals surface area contributed by atoms with E-state index in [4.69, 9.17) is 9.47 Å². The molecule has 29 heavy (non-hydrogen) atoms. The van der Waals surface area contributed by atoms with E-state index in [-0.39, 0.29) is 5.82 Å². The first-order chi connectivity index (χ1) is 14.2. The third-order valence-corrected chi connectivity index (χ3v) is 4.86. The molecule has 0 amide bonds. The van der Waals surface area contributed by atoms with Crippen LogP contribution in [0.5, 0.6) is 5.75 Å². The first-order valence-corrected chi connectivity index (χ1v) is 11.0. The SMILES string of the molecule is CN=C(NCc1cccc(OCCCOC)c1)NCc1ccc(F)cc1CSC. The molecular weight excluding hydrogens is 389 g/mol. The smallest absolute Gasteiger partial charge is 0.191 e. The minimum atomic E-state index is -0.204. The van der Waals surface area contributed by atoms with Crippen LogP contribution in [0.25, 0.3) is 0 Å². The predicted octanol–water partition coefficient (Wildman–Crippen LogP) is 3.97. The lowest BCUT2D eigenvalue weighted by Gasteiger charge is -2.15. The first-order valence-electron chi connectivity index (χ1n) is 9.57. The Morgan fingerprint density at radius 3 is 2.66 bits per heavy atom. The highest BCUT2D eigenvalue weighted by Gasteiger charge is 2.06. The molecule has 0 saturated heterocycles. The Balaban J connectivity index is 1.86. The van der Waals surface area contributed by atoms with Gasteiger partial charge in [-0.15, -0.1) is 0 Å². The number of rotatable bonds is 11. The summed E-state index contributed by atoms with van der Waals surface area (Å²) in [6, 6.07) is 12.9. The number of methoxy groups -OCH3 is 1. The summed E-state index contributed by atoms with van der Waals surface area (Å²) in [5, 5.41) is 6.61. The van der Waals surface area contributed by atoms with Crippen LogP contribution in [-0.4, -0.2) is 39.6 Å². The standard InChI is InChI=1S/C22H30FN3O2S/c1-24-22(26-15-18-8-9-20(23)13-19(18)16-29-3)25-14-17-6-4-7-21(12-17)28-11-5-10-27-2/h4,6-9,12-13H,5,10-11,14-16H2,1-3H3,(H2,24,25,26). The number of guanidine groups is 1. The molecule has 0 aliphatic carbocycles. The van der Waals surface area contributed by atoms with E-state index in [1.54, 1.807) is 32.0 Å². The molecular formula is C22H30FN3O2S. The average molecular weight is 420 g/mol. The molecule has 0 fully saturated rings. The molecule has 5 nitrogen and oxygen atoms in total. The van der Waals surface area contributed by atoms with Gasteiger partial charge in [-0.2, -0.15) is 11.8 Å². The van der Waals surface area contributed by atoms with Gasteiger partial charge in [0.1, 0.15) is 11.6 Å². The largest absolute Gasteiger partial charge is 0.493 e. The third kappa shape index (κ3) is 8.33. The molecule has 158 valence electrons. The number of aliphatic imine (C=N–C) groups is 1. The fourth-order valence-electron chi connectivity index (χ4n) is 2.78. The zero-order valence-electron chi connectivity index (χ0n) is 17.3. The average Bonchev–Trinajstić information content (AvgIpc) is 2.73. The van der Waals surface area contributed by atoms with Crippen LogP contribution in [0.15, 0.2) is 47.5 Å². The van der Waals surface area contributed by atoms with E-state index in [0.717, 1.165) is 34.6 Å². The van der Waals surface area contributed by atoms with Crippen LogP contribution in [-0.2, 0) is 23.6 Å². The molecule has 0 atom stereocenters. The molecule has 0 aromatic heterocycles. The summed E-state index contributed by atoms with van der Waals surface area (Å²) in [6.45, 7) is 2.52. The minimum absolute atomic E-state index is 0.204. The van der Waals surface area contributed by atoms with Crippen molar-refractivity contribution in [1.29, 1.82) is 0 Å². The van der Waals surface area contributed by atoms with Gasteiger partial charge in [0, 0.05) is 46.0 Å². The number of hydrogen-bond acceptors (Lipinski definition) is 4. The van der Waals surface area contributed by atoms with Crippen molar-refractivity contribution in [3.05, 3.63) is 65.0 Å². The van der Waals surface area contributed by atoms with Crippen molar-refractivity contribution in [1.82, 2.24) is 10.6 Å². The van der Waals surface area contributed by atoms with Crippen LogP contribution < -0.4 is 15.4 Å². The molecule has 0 saturated carbocycles. The number of benzene rings is 2. The quantitative estimate of drug-likeness (QED) is 0.328. The van der Waals surface area contributed by atoms with E-state index in [2.05, 4.69) is 15.6 Å². The van der Waals surface area contributed by atoms with Gasteiger partial charge in [-0.1, -0.05) is 18.2 Å². The fourth-order valence-corrected chi connectivity index (χ4v) is 3.36. The summed E-state index contributed by atoms with van der Waals surface area (Å²) < 4.78 is 24.3. The monoisotopic (exact) mass is 419 g/mol. The second-order valence-corrected chi connectivity index (χ2v) is 7.33. The summed E-state index contributed by atoms with van der Waals surface area (Å²) in [5.74, 6) is 2.11. The van der Waals surface area contributed by atoms with Crippen molar-refractivity contribution in [3.63, 3.8) is 0 Å². The summed E-state index contributed by atoms with van der Waals surface area (Å²) in [6.07, 6.45) is 2.87. The molecule has 0 bridgehead atoms. The van der Waals surface area contributed by atoms with Crippen molar-refractivity contribution in [3.8, 4) is 5.75 Å². The van der Waals surface area contributed by atoms with Crippen molar-refractivity contribution < 1.29 is 13.9 Å². The van der Waals surface area contributed by atoms with E-state index < -0.39 is 0 Å². The van der Waals surface area contributed by atoms with Gasteiger partial charge in [0.25, 0.3) is 0 Å². The van der Waals surface area contributed by atoms with Gasteiger partial charge in [0.05, 0.1) is 6.61 Å². The summed E-state index contributed by atoms with van der Waals surface area (Å²) in [4.78, 5) is 4.27. The van der Waals surface area contributed by atoms with Gasteiger partial charge in [-0.05, 0) is 47.2 Å². The highest BCUT2D eigenvalue weighted by Crippen LogP contribution is 2.17. The van der Waals surface area contributed by atoms with Gasteiger partial charge >= 0.3 is 0 Å². The molecule has 2 N–H and O–H groups in total. The number of halogens is 1. The first kappa shape index (κ1) is 23.0. The van der Waals surface area contributed by atoms with Crippen LogP contribution in [0.3, 0.4) is 0 Å². The molecule has 7 heteroatoms. The number of nitrogens with one attached hydrogen (secondary N) is 2. The minimum Gasteiger partial charge on any atom is -0.493 e. The maximum atomic E-state index is 13.5. The van der Waals surface area contributed by atoms with Crippen molar-refractivity contribution in [2.45, 2.75) is 25.3 Å². The lowest BCUT2D eigenvalue weighted by Crippen LogP contribution is -2.36. The maximum absolute atomic E-state index is 13.5. The van der Waals surface area contributed by atoms with Crippen molar-refractivity contribution in [2.75, 3.05) is 33.6 Å². The number of nitrogens with zero attached hydrogens (tertiary/aromatic N) is 1. The second kappa shape index (κ2) is 13.1. The van der Waals surface area contributed by atoms with Crippen molar-refractivity contribution >= 4 is 17.7 Å². The van der Waals surface area contributed by atoms with E-state index in [0.29, 0.717) is 32.3 Å². The van der Waals surface area contributed by atoms with E-state index in [9.17, 15) is 4.39 Å². The molecule has 0 unspecified atom stereocenters. The molecule has 2 aromatic rings. The van der Waals surface area contributed by atoms with Gasteiger partial charge in [-0.3, -0.25) is 4.99 Å².